The molecule has 0 spiro atoms. The second-order valence-corrected chi connectivity index (χ2v) is 7.68. The molecule has 160 valence electrons. The van der Waals surface area contributed by atoms with Crippen LogP contribution in [0.5, 0.6) is 0 Å². The van der Waals surface area contributed by atoms with E-state index in [0.717, 1.165) is 12.8 Å². The standard InChI is InChI=1S/C22H42O5/c1-2-3-4-5-6-7-8-9-10-11-12-13-14-15-16-26-22-19(24)18-27-20(17-23)21(22)25/h8-9,19-25H,2-7,10-18H2,1H3/b9-8+/t19-,20+,21+,22+/m1/s1. The third kappa shape index (κ3) is 11.2. The Kier molecular flexibility index (Phi) is 15.0. The van der Waals surface area contributed by atoms with Crippen LogP contribution in [0.1, 0.15) is 84.0 Å². The topological polar surface area (TPSA) is 79.2 Å². The molecule has 1 aliphatic heterocycles. The molecule has 0 aromatic heterocycles. The van der Waals surface area contributed by atoms with Gasteiger partial charge in [0, 0.05) is 6.61 Å². The van der Waals surface area contributed by atoms with Gasteiger partial charge in [-0.25, -0.2) is 0 Å². The van der Waals surface area contributed by atoms with Crippen molar-refractivity contribution in [2.75, 3.05) is 19.8 Å². The molecule has 1 rings (SSSR count). The van der Waals surface area contributed by atoms with Crippen molar-refractivity contribution in [1.29, 1.82) is 0 Å². The SMILES string of the molecule is CCCCCCC/C=C/CCCCCCCO[C@@H]1[C@@H](O)[C@H](CO)OC[C@H]1O. The molecule has 0 aromatic carbocycles. The molecule has 0 aromatic rings. The van der Waals surface area contributed by atoms with Crippen LogP contribution in [0.3, 0.4) is 0 Å². The number of unbranched alkanes of at least 4 members (excludes halogenated alkanes) is 10. The van der Waals surface area contributed by atoms with Gasteiger partial charge in [0.25, 0.3) is 0 Å². The lowest BCUT2D eigenvalue weighted by atomic mass is 10.0. The highest BCUT2D eigenvalue weighted by Gasteiger charge is 2.38. The average Bonchev–Trinajstić information content (AvgIpc) is 2.67. The molecule has 27 heavy (non-hydrogen) atoms. The second-order valence-electron chi connectivity index (χ2n) is 7.68. The first-order chi connectivity index (χ1) is 13.2. The number of aliphatic hydroxyl groups is 3. The van der Waals surface area contributed by atoms with Gasteiger partial charge in [0.15, 0.2) is 0 Å². The fourth-order valence-corrected chi connectivity index (χ4v) is 3.44. The molecule has 4 atom stereocenters. The molecule has 0 aliphatic carbocycles. The molecular weight excluding hydrogens is 344 g/mol. The van der Waals surface area contributed by atoms with Crippen LogP contribution in [-0.4, -0.2) is 59.6 Å². The van der Waals surface area contributed by atoms with Crippen LogP contribution in [0.4, 0.5) is 0 Å². The van der Waals surface area contributed by atoms with Crippen molar-refractivity contribution in [3.8, 4) is 0 Å². The number of hydrogen-bond donors (Lipinski definition) is 3. The van der Waals surface area contributed by atoms with Crippen molar-refractivity contribution in [3.05, 3.63) is 12.2 Å². The van der Waals surface area contributed by atoms with E-state index in [0.29, 0.717) is 6.61 Å². The minimum atomic E-state index is -0.975. The maximum atomic E-state index is 10.0. The summed E-state index contributed by atoms with van der Waals surface area (Å²) >= 11 is 0. The Hall–Kier alpha value is -0.460. The molecule has 1 aliphatic rings. The van der Waals surface area contributed by atoms with Crippen LogP contribution >= 0.6 is 0 Å². The van der Waals surface area contributed by atoms with Gasteiger partial charge < -0.3 is 24.8 Å². The molecule has 0 saturated carbocycles. The van der Waals surface area contributed by atoms with E-state index in [2.05, 4.69) is 19.1 Å². The van der Waals surface area contributed by atoms with Gasteiger partial charge in [-0.3, -0.25) is 0 Å². The predicted molar refractivity (Wildman–Crippen MR) is 109 cm³/mol. The lowest BCUT2D eigenvalue weighted by Gasteiger charge is -2.37. The second kappa shape index (κ2) is 16.5. The van der Waals surface area contributed by atoms with Crippen molar-refractivity contribution in [1.82, 2.24) is 0 Å². The summed E-state index contributed by atoms with van der Waals surface area (Å²) in [5.74, 6) is 0. The van der Waals surface area contributed by atoms with Gasteiger partial charge in [-0.2, -0.15) is 0 Å². The molecule has 1 fully saturated rings. The van der Waals surface area contributed by atoms with Gasteiger partial charge in [-0.1, -0.05) is 64.0 Å². The van der Waals surface area contributed by atoms with Gasteiger partial charge in [0.2, 0.25) is 0 Å². The van der Waals surface area contributed by atoms with Gasteiger partial charge in [0.1, 0.15) is 24.4 Å². The van der Waals surface area contributed by atoms with Crippen LogP contribution in [0, 0.1) is 0 Å². The molecule has 3 N–H and O–H groups in total. The Morgan fingerprint density at radius 1 is 0.889 bits per heavy atom. The normalized spacial score (nSPS) is 26.1. The zero-order chi connectivity index (χ0) is 19.7. The summed E-state index contributed by atoms with van der Waals surface area (Å²) in [7, 11) is 0. The van der Waals surface area contributed by atoms with E-state index in [1.165, 1.54) is 64.2 Å². The van der Waals surface area contributed by atoms with Crippen LogP contribution < -0.4 is 0 Å². The zero-order valence-electron chi connectivity index (χ0n) is 17.2. The summed E-state index contributed by atoms with van der Waals surface area (Å²) in [5, 5.41) is 29.1. The van der Waals surface area contributed by atoms with Gasteiger partial charge in [-0.15, -0.1) is 0 Å². The number of allylic oxidation sites excluding steroid dienone is 2. The molecule has 1 heterocycles. The molecule has 5 nitrogen and oxygen atoms in total. The third-order valence-electron chi connectivity index (χ3n) is 5.22. The van der Waals surface area contributed by atoms with Crippen molar-refractivity contribution in [2.45, 2.75) is 108 Å². The number of ether oxygens (including phenoxy) is 2. The largest absolute Gasteiger partial charge is 0.394 e. The average molecular weight is 387 g/mol. The van der Waals surface area contributed by atoms with Crippen LogP contribution in [0.25, 0.3) is 0 Å². The van der Waals surface area contributed by atoms with E-state index in [9.17, 15) is 10.2 Å². The van der Waals surface area contributed by atoms with E-state index in [4.69, 9.17) is 14.6 Å². The van der Waals surface area contributed by atoms with Crippen molar-refractivity contribution in [3.63, 3.8) is 0 Å². The maximum absolute atomic E-state index is 10.0. The van der Waals surface area contributed by atoms with Crippen molar-refractivity contribution >= 4 is 0 Å². The smallest absolute Gasteiger partial charge is 0.114 e. The highest BCUT2D eigenvalue weighted by atomic mass is 16.6. The summed E-state index contributed by atoms with van der Waals surface area (Å²) in [6.45, 7) is 2.61. The van der Waals surface area contributed by atoms with Crippen molar-refractivity contribution in [2.24, 2.45) is 0 Å². The molecule has 1 saturated heterocycles. The highest BCUT2D eigenvalue weighted by Crippen LogP contribution is 2.19. The molecule has 0 amide bonds. The van der Waals surface area contributed by atoms with E-state index >= 15 is 0 Å². The van der Waals surface area contributed by atoms with Crippen LogP contribution in [0.15, 0.2) is 12.2 Å². The first kappa shape index (κ1) is 24.6. The first-order valence-electron chi connectivity index (χ1n) is 11.1. The Morgan fingerprint density at radius 2 is 1.48 bits per heavy atom. The van der Waals surface area contributed by atoms with Gasteiger partial charge in [-0.05, 0) is 32.1 Å². The molecule has 0 unspecified atom stereocenters. The maximum Gasteiger partial charge on any atom is 0.114 e. The van der Waals surface area contributed by atoms with Gasteiger partial charge >= 0.3 is 0 Å². The van der Waals surface area contributed by atoms with E-state index in [1.807, 2.05) is 0 Å². The molecule has 0 radical (unpaired) electrons. The quantitative estimate of drug-likeness (QED) is 0.278. The van der Waals surface area contributed by atoms with Crippen LogP contribution in [0.2, 0.25) is 0 Å². The van der Waals surface area contributed by atoms with Gasteiger partial charge in [0.05, 0.1) is 13.2 Å². The molecule has 5 heteroatoms. The Morgan fingerprint density at radius 3 is 2.11 bits per heavy atom. The van der Waals surface area contributed by atoms with E-state index < -0.39 is 24.4 Å². The van der Waals surface area contributed by atoms with Crippen LogP contribution in [-0.2, 0) is 9.47 Å². The summed E-state index contributed by atoms with van der Waals surface area (Å²) in [6.07, 6.45) is 16.4. The summed E-state index contributed by atoms with van der Waals surface area (Å²) < 4.78 is 10.8. The Balaban J connectivity index is 1.91. The number of aliphatic hydroxyl groups excluding tert-OH is 3. The van der Waals surface area contributed by atoms with E-state index in [-0.39, 0.29) is 13.2 Å². The number of hydrogen-bond acceptors (Lipinski definition) is 5. The lowest BCUT2D eigenvalue weighted by Crippen LogP contribution is -2.55. The minimum absolute atomic E-state index is 0.0964. The zero-order valence-corrected chi connectivity index (χ0v) is 17.2. The highest BCUT2D eigenvalue weighted by molar-refractivity contribution is 4.87. The summed E-state index contributed by atoms with van der Waals surface area (Å²) in [5.41, 5.74) is 0. The predicted octanol–water partition coefficient (Wildman–Crippen LogP) is 3.74. The minimum Gasteiger partial charge on any atom is -0.394 e. The first-order valence-corrected chi connectivity index (χ1v) is 11.1. The number of rotatable bonds is 16. The summed E-state index contributed by atoms with van der Waals surface area (Å²) in [4.78, 5) is 0. The molecular formula is C22H42O5. The fraction of sp³-hybridized carbons (Fsp3) is 0.909. The Bertz CT molecular complexity index is 361. The monoisotopic (exact) mass is 386 g/mol. The summed E-state index contributed by atoms with van der Waals surface area (Å²) in [6, 6.07) is 0. The Labute approximate surface area is 165 Å². The third-order valence-corrected chi connectivity index (χ3v) is 5.22. The lowest BCUT2D eigenvalue weighted by molar-refractivity contribution is -0.210. The fourth-order valence-electron chi connectivity index (χ4n) is 3.44. The molecule has 0 bridgehead atoms. The van der Waals surface area contributed by atoms with Crippen molar-refractivity contribution < 1.29 is 24.8 Å². The van der Waals surface area contributed by atoms with E-state index in [1.54, 1.807) is 0 Å².